The Hall–Kier alpha value is -1.36. The quantitative estimate of drug-likeness (QED) is 0.521. The Morgan fingerprint density at radius 3 is 2.05 bits per heavy atom. The summed E-state index contributed by atoms with van der Waals surface area (Å²) in [5.74, 6) is 0.171. The van der Waals surface area contributed by atoms with Gasteiger partial charge in [0.2, 0.25) is 0 Å². The van der Waals surface area contributed by atoms with Gasteiger partial charge in [0.05, 0.1) is 5.75 Å². The van der Waals surface area contributed by atoms with Crippen molar-refractivity contribution in [3.8, 4) is 0 Å². The summed E-state index contributed by atoms with van der Waals surface area (Å²) in [6.07, 6.45) is 1.26. The van der Waals surface area contributed by atoms with E-state index >= 15 is 0 Å². The Labute approximate surface area is 131 Å². The molecule has 4 N–H and O–H groups in total. The van der Waals surface area contributed by atoms with Gasteiger partial charge in [0.25, 0.3) is 0 Å². The third kappa shape index (κ3) is 10.4. The third-order valence-corrected chi connectivity index (χ3v) is 3.66. The van der Waals surface area contributed by atoms with Gasteiger partial charge in [-0.25, -0.2) is 8.42 Å². The lowest BCUT2D eigenvalue weighted by atomic mass is 10.1. The largest absolute Gasteiger partial charge is 0.399 e. The molecule has 0 spiro atoms. The molecule has 0 aliphatic heterocycles. The first-order chi connectivity index (χ1) is 9.83. The van der Waals surface area contributed by atoms with E-state index < -0.39 is 20.2 Å². The smallest absolute Gasteiger partial charge is 0.394 e. The SMILES string of the molecule is CCN(CCS(C)(=O)=O)c1ccc(N)c(C)c1.O=S(=O)(O)O. The van der Waals surface area contributed by atoms with E-state index in [-0.39, 0.29) is 5.75 Å². The zero-order valence-corrected chi connectivity index (χ0v) is 14.4. The van der Waals surface area contributed by atoms with Crippen LogP contribution in [0.5, 0.6) is 0 Å². The molecule has 22 heavy (non-hydrogen) atoms. The van der Waals surface area contributed by atoms with Crippen LogP contribution in [0.2, 0.25) is 0 Å². The molecule has 0 unspecified atom stereocenters. The van der Waals surface area contributed by atoms with Gasteiger partial charge in [-0.1, -0.05) is 0 Å². The number of hydrogen-bond donors (Lipinski definition) is 3. The van der Waals surface area contributed by atoms with Crippen LogP contribution in [0.3, 0.4) is 0 Å². The number of aryl methyl sites for hydroxylation is 1. The number of sulfone groups is 1. The van der Waals surface area contributed by atoms with Crippen molar-refractivity contribution < 1.29 is 25.9 Å². The van der Waals surface area contributed by atoms with Crippen LogP contribution in [0, 0.1) is 6.92 Å². The van der Waals surface area contributed by atoms with E-state index in [1.165, 1.54) is 6.26 Å². The third-order valence-electron chi connectivity index (χ3n) is 2.73. The van der Waals surface area contributed by atoms with Crippen LogP contribution < -0.4 is 10.6 Å². The molecule has 0 aromatic heterocycles. The molecule has 0 atom stereocenters. The van der Waals surface area contributed by atoms with Crippen molar-refractivity contribution in [2.45, 2.75) is 13.8 Å². The highest BCUT2D eigenvalue weighted by Crippen LogP contribution is 2.20. The molecule has 1 aromatic rings. The predicted molar refractivity (Wildman–Crippen MR) is 87.4 cm³/mol. The molecule has 1 rings (SSSR count). The molecular weight excluding hydrogens is 332 g/mol. The van der Waals surface area contributed by atoms with Crippen molar-refractivity contribution >= 4 is 31.6 Å². The van der Waals surface area contributed by atoms with Crippen LogP contribution >= 0.6 is 0 Å². The minimum Gasteiger partial charge on any atom is -0.399 e. The number of benzene rings is 1. The van der Waals surface area contributed by atoms with Crippen LogP contribution in [0.25, 0.3) is 0 Å². The average molecular weight is 354 g/mol. The minimum atomic E-state index is -4.67. The molecule has 0 fully saturated rings. The summed E-state index contributed by atoms with van der Waals surface area (Å²) in [7, 11) is -7.59. The fraction of sp³-hybridized carbons (Fsp3) is 0.500. The number of rotatable bonds is 5. The topological polar surface area (TPSA) is 138 Å². The minimum absolute atomic E-state index is 0.171. The van der Waals surface area contributed by atoms with Gasteiger partial charge in [0, 0.05) is 30.7 Å². The number of nitrogen functional groups attached to an aromatic ring is 1. The molecule has 0 amide bonds. The highest BCUT2D eigenvalue weighted by atomic mass is 32.3. The van der Waals surface area contributed by atoms with Gasteiger partial charge in [0.15, 0.2) is 0 Å². The molecule has 8 nitrogen and oxygen atoms in total. The number of anilines is 2. The summed E-state index contributed by atoms with van der Waals surface area (Å²) in [6.45, 7) is 5.24. The summed E-state index contributed by atoms with van der Waals surface area (Å²) in [6, 6.07) is 5.77. The lowest BCUT2D eigenvalue weighted by Crippen LogP contribution is -2.28. The molecule has 1 aromatic carbocycles. The summed E-state index contributed by atoms with van der Waals surface area (Å²) in [4.78, 5) is 2.04. The van der Waals surface area contributed by atoms with Crippen molar-refractivity contribution in [3.63, 3.8) is 0 Å². The summed E-state index contributed by atoms with van der Waals surface area (Å²) in [5, 5.41) is 0. The van der Waals surface area contributed by atoms with Gasteiger partial charge in [-0.05, 0) is 37.6 Å². The van der Waals surface area contributed by atoms with Gasteiger partial charge >= 0.3 is 10.4 Å². The molecule has 0 aliphatic carbocycles. The fourth-order valence-electron chi connectivity index (χ4n) is 1.60. The van der Waals surface area contributed by atoms with Gasteiger partial charge in [-0.2, -0.15) is 8.42 Å². The maximum absolute atomic E-state index is 11.2. The van der Waals surface area contributed by atoms with Crippen LogP contribution in [0.1, 0.15) is 12.5 Å². The number of nitrogens with two attached hydrogens (primary N) is 1. The molecule has 0 radical (unpaired) electrons. The maximum atomic E-state index is 11.2. The number of nitrogens with zero attached hydrogens (tertiary/aromatic N) is 1. The van der Waals surface area contributed by atoms with Gasteiger partial charge < -0.3 is 10.6 Å². The first-order valence-electron chi connectivity index (χ1n) is 6.32. The second-order valence-electron chi connectivity index (χ2n) is 4.70. The second kappa shape index (κ2) is 8.32. The van der Waals surface area contributed by atoms with E-state index in [1.807, 2.05) is 36.9 Å². The molecule has 0 aliphatic rings. The number of hydrogen-bond acceptors (Lipinski definition) is 6. The molecule has 10 heteroatoms. The first kappa shape index (κ1) is 20.6. The summed E-state index contributed by atoms with van der Waals surface area (Å²) in [5.41, 5.74) is 8.55. The Morgan fingerprint density at radius 1 is 1.18 bits per heavy atom. The van der Waals surface area contributed by atoms with E-state index in [0.29, 0.717) is 6.54 Å². The lowest BCUT2D eigenvalue weighted by Gasteiger charge is -2.23. The van der Waals surface area contributed by atoms with Crippen LogP contribution in [0.15, 0.2) is 18.2 Å². The monoisotopic (exact) mass is 354 g/mol. The average Bonchev–Trinajstić information content (AvgIpc) is 2.31. The maximum Gasteiger partial charge on any atom is 0.394 e. The predicted octanol–water partition coefficient (Wildman–Crippen LogP) is 0.795. The highest BCUT2D eigenvalue weighted by Gasteiger charge is 2.09. The van der Waals surface area contributed by atoms with Crippen molar-refractivity contribution in [1.29, 1.82) is 0 Å². The molecule has 0 bridgehead atoms. The standard InChI is InChI=1S/C12H20N2O2S.H2O4S/c1-4-14(7-8-17(3,15)16)11-5-6-12(13)10(2)9-11;1-5(2,3)4/h5-6,9H,4,7-8,13H2,1-3H3;(H2,1,2,3,4). The van der Waals surface area contributed by atoms with E-state index in [9.17, 15) is 8.42 Å². The Bertz CT molecular complexity index is 678. The van der Waals surface area contributed by atoms with E-state index in [2.05, 4.69) is 0 Å². The Morgan fingerprint density at radius 2 is 1.68 bits per heavy atom. The van der Waals surface area contributed by atoms with E-state index in [0.717, 1.165) is 23.5 Å². The zero-order valence-electron chi connectivity index (χ0n) is 12.7. The molecule has 0 saturated heterocycles. The second-order valence-corrected chi connectivity index (χ2v) is 7.85. The summed E-state index contributed by atoms with van der Waals surface area (Å²) >= 11 is 0. The zero-order chi connectivity index (χ0) is 17.6. The van der Waals surface area contributed by atoms with Gasteiger partial charge in [-0.15, -0.1) is 0 Å². The Kier molecular flexibility index (Phi) is 7.81. The van der Waals surface area contributed by atoms with Crippen LogP contribution in [0.4, 0.5) is 11.4 Å². The van der Waals surface area contributed by atoms with Gasteiger partial charge in [-0.3, -0.25) is 9.11 Å². The summed E-state index contributed by atoms with van der Waals surface area (Å²) < 4.78 is 53.9. The van der Waals surface area contributed by atoms with E-state index in [1.54, 1.807) is 0 Å². The first-order valence-corrected chi connectivity index (χ1v) is 9.78. The fourth-order valence-corrected chi connectivity index (χ4v) is 2.15. The van der Waals surface area contributed by atoms with Crippen LogP contribution in [-0.2, 0) is 20.2 Å². The van der Waals surface area contributed by atoms with E-state index in [4.69, 9.17) is 23.3 Å². The Balaban J connectivity index is 0.000000763. The van der Waals surface area contributed by atoms with Crippen molar-refractivity contribution in [3.05, 3.63) is 23.8 Å². The molecule has 128 valence electrons. The van der Waals surface area contributed by atoms with Gasteiger partial charge in [0.1, 0.15) is 9.84 Å². The highest BCUT2D eigenvalue weighted by molar-refractivity contribution is 7.90. The lowest BCUT2D eigenvalue weighted by molar-refractivity contribution is 0.381. The van der Waals surface area contributed by atoms with Crippen molar-refractivity contribution in [2.75, 3.05) is 35.7 Å². The molecule has 0 heterocycles. The normalized spacial score (nSPS) is 11.5. The van der Waals surface area contributed by atoms with Crippen molar-refractivity contribution in [2.24, 2.45) is 0 Å². The molecule has 0 saturated carbocycles. The van der Waals surface area contributed by atoms with Crippen molar-refractivity contribution in [1.82, 2.24) is 0 Å². The molecular formula is C12H22N2O6S2. The van der Waals surface area contributed by atoms with Crippen LogP contribution in [-0.4, -0.2) is 51.0 Å².